The number of aromatic nitrogens is 1. The molecule has 0 spiro atoms. The average molecular weight is 459 g/mol. The number of nitriles is 1. The van der Waals surface area contributed by atoms with E-state index in [1.807, 2.05) is 4.90 Å². The maximum atomic E-state index is 13.2. The Hall–Kier alpha value is -4.19. The predicted octanol–water partition coefficient (Wildman–Crippen LogP) is 3.24. The van der Waals surface area contributed by atoms with E-state index in [1.54, 1.807) is 36.4 Å². The molecule has 0 atom stereocenters. The second kappa shape index (κ2) is 8.98. The fourth-order valence-electron chi connectivity index (χ4n) is 4.40. The van der Waals surface area contributed by atoms with E-state index in [4.69, 9.17) is 4.42 Å². The maximum Gasteiger partial charge on any atom is 0.261 e. The first-order chi connectivity index (χ1) is 16.5. The molecule has 2 amide bonds. The second-order valence-electron chi connectivity index (χ2n) is 8.23. The normalized spacial score (nSPS) is 15.6. The number of carbonyl (C=O) groups is 2. The SMILES string of the molecule is N#Cc1nc(CCCN2C(=O)c3ccccc3C2=O)oc1N1CCN(c2ccc(F)cc2)CC1. The van der Waals surface area contributed by atoms with Gasteiger partial charge in [0.15, 0.2) is 5.89 Å². The standard InChI is InChI=1S/C25H22FN5O3/c26-17-7-9-18(10-8-17)29-12-14-30(15-13-29)25-21(16-27)28-22(34-25)6-3-11-31-23(32)19-4-1-2-5-20(19)24(31)33/h1-2,4-5,7-10H,3,6,11-15H2. The van der Waals surface area contributed by atoms with E-state index in [1.165, 1.54) is 17.0 Å². The summed E-state index contributed by atoms with van der Waals surface area (Å²) in [7, 11) is 0. The summed E-state index contributed by atoms with van der Waals surface area (Å²) >= 11 is 0. The molecule has 1 saturated heterocycles. The molecule has 3 aromatic rings. The van der Waals surface area contributed by atoms with Gasteiger partial charge in [-0.15, -0.1) is 0 Å². The number of amides is 2. The van der Waals surface area contributed by atoms with E-state index in [0.29, 0.717) is 61.9 Å². The number of aryl methyl sites for hydroxylation is 1. The van der Waals surface area contributed by atoms with E-state index < -0.39 is 0 Å². The van der Waals surface area contributed by atoms with Crippen LogP contribution in [0.25, 0.3) is 0 Å². The smallest absolute Gasteiger partial charge is 0.261 e. The Balaban J connectivity index is 1.19. The minimum absolute atomic E-state index is 0.228. The van der Waals surface area contributed by atoms with Crippen molar-refractivity contribution < 1.29 is 18.4 Å². The van der Waals surface area contributed by atoms with E-state index >= 15 is 0 Å². The highest BCUT2D eigenvalue weighted by atomic mass is 19.1. The largest absolute Gasteiger partial charge is 0.424 e. The molecular weight excluding hydrogens is 437 g/mol. The summed E-state index contributed by atoms with van der Waals surface area (Å²) in [6, 6.07) is 15.3. The van der Waals surface area contributed by atoms with E-state index in [2.05, 4.69) is 16.0 Å². The summed E-state index contributed by atoms with van der Waals surface area (Å²) in [5.41, 5.74) is 2.04. The molecule has 3 heterocycles. The number of hydrogen-bond acceptors (Lipinski definition) is 7. The molecule has 1 aromatic heterocycles. The van der Waals surface area contributed by atoms with Crippen LogP contribution in [0.5, 0.6) is 0 Å². The van der Waals surface area contributed by atoms with Crippen LogP contribution in [-0.2, 0) is 6.42 Å². The third-order valence-corrected chi connectivity index (χ3v) is 6.17. The Kier molecular flexibility index (Phi) is 5.72. The molecule has 172 valence electrons. The third kappa shape index (κ3) is 3.99. The van der Waals surface area contributed by atoms with Gasteiger partial charge in [-0.3, -0.25) is 14.5 Å². The topological polar surface area (TPSA) is 93.7 Å². The molecule has 2 aliphatic heterocycles. The molecule has 0 aliphatic carbocycles. The van der Waals surface area contributed by atoms with Gasteiger partial charge in [-0.25, -0.2) is 9.37 Å². The number of hydrogen-bond donors (Lipinski definition) is 0. The van der Waals surface area contributed by atoms with E-state index in [9.17, 15) is 19.2 Å². The second-order valence-corrected chi connectivity index (χ2v) is 8.23. The van der Waals surface area contributed by atoms with Crippen molar-refractivity contribution in [2.45, 2.75) is 12.8 Å². The highest BCUT2D eigenvalue weighted by molar-refractivity contribution is 6.21. The number of carbonyl (C=O) groups excluding carboxylic acids is 2. The minimum atomic E-state index is -0.287. The zero-order valence-electron chi connectivity index (χ0n) is 18.4. The summed E-state index contributed by atoms with van der Waals surface area (Å²) in [5, 5.41) is 9.54. The number of nitrogens with zero attached hydrogens (tertiary/aromatic N) is 5. The summed E-state index contributed by atoms with van der Waals surface area (Å²) in [5.74, 6) is 0.00946. The highest BCUT2D eigenvalue weighted by Crippen LogP contribution is 2.26. The van der Waals surface area contributed by atoms with Gasteiger partial charge < -0.3 is 14.2 Å². The molecule has 0 radical (unpaired) electrons. The summed E-state index contributed by atoms with van der Waals surface area (Å²) in [6.07, 6.45) is 0.881. The van der Waals surface area contributed by atoms with Crippen molar-refractivity contribution in [3.63, 3.8) is 0 Å². The summed E-state index contributed by atoms with van der Waals surface area (Å²) in [6.45, 7) is 2.92. The quantitative estimate of drug-likeness (QED) is 0.523. The minimum Gasteiger partial charge on any atom is -0.424 e. The lowest BCUT2D eigenvalue weighted by molar-refractivity contribution is 0.0651. The zero-order chi connectivity index (χ0) is 23.7. The van der Waals surface area contributed by atoms with Crippen LogP contribution in [-0.4, -0.2) is 54.4 Å². The molecule has 5 rings (SSSR count). The number of benzene rings is 2. The van der Waals surface area contributed by atoms with Gasteiger partial charge in [0.05, 0.1) is 11.1 Å². The van der Waals surface area contributed by atoms with E-state index in [0.717, 1.165) is 5.69 Å². The van der Waals surface area contributed by atoms with Crippen molar-refractivity contribution in [3.8, 4) is 6.07 Å². The Morgan fingerprint density at radius 1 is 0.941 bits per heavy atom. The first kappa shape index (κ1) is 21.6. The van der Waals surface area contributed by atoms with Crippen LogP contribution in [0.15, 0.2) is 52.9 Å². The first-order valence-corrected chi connectivity index (χ1v) is 11.2. The van der Waals surface area contributed by atoms with Crippen molar-refractivity contribution in [2.75, 3.05) is 42.5 Å². The predicted molar refractivity (Wildman–Crippen MR) is 122 cm³/mol. The Labute approximate surface area is 195 Å². The molecule has 8 nitrogen and oxygen atoms in total. The molecular formula is C25H22FN5O3. The summed E-state index contributed by atoms with van der Waals surface area (Å²) < 4.78 is 19.1. The lowest BCUT2D eigenvalue weighted by Crippen LogP contribution is -2.46. The monoisotopic (exact) mass is 459 g/mol. The molecule has 0 saturated carbocycles. The van der Waals surface area contributed by atoms with Gasteiger partial charge in [0.25, 0.3) is 11.8 Å². The number of rotatable bonds is 6. The van der Waals surface area contributed by atoms with Gasteiger partial charge in [-0.05, 0) is 42.8 Å². The van der Waals surface area contributed by atoms with Crippen molar-refractivity contribution in [3.05, 3.63) is 77.1 Å². The van der Waals surface area contributed by atoms with Gasteiger partial charge in [-0.1, -0.05) is 12.1 Å². The van der Waals surface area contributed by atoms with E-state index in [-0.39, 0.29) is 29.9 Å². The number of fused-ring (bicyclic) bond motifs is 1. The fourth-order valence-corrected chi connectivity index (χ4v) is 4.40. The van der Waals surface area contributed by atoms with Crippen molar-refractivity contribution in [1.29, 1.82) is 5.26 Å². The Morgan fingerprint density at radius 2 is 1.56 bits per heavy atom. The Morgan fingerprint density at radius 3 is 2.18 bits per heavy atom. The van der Waals surface area contributed by atoms with Crippen molar-refractivity contribution in [1.82, 2.24) is 9.88 Å². The van der Waals surface area contributed by atoms with Crippen molar-refractivity contribution >= 4 is 23.4 Å². The van der Waals surface area contributed by atoms with Gasteiger partial charge in [0.1, 0.15) is 11.9 Å². The van der Waals surface area contributed by atoms with Gasteiger partial charge in [0, 0.05) is 44.8 Å². The average Bonchev–Trinajstić information content (AvgIpc) is 3.39. The van der Waals surface area contributed by atoms with Crippen LogP contribution in [0.3, 0.4) is 0 Å². The van der Waals surface area contributed by atoms with Crippen LogP contribution < -0.4 is 9.80 Å². The molecule has 2 aliphatic rings. The van der Waals surface area contributed by atoms with Gasteiger partial charge in [0.2, 0.25) is 11.6 Å². The lowest BCUT2D eigenvalue weighted by Gasteiger charge is -2.35. The van der Waals surface area contributed by atoms with Crippen LogP contribution in [0.4, 0.5) is 16.0 Å². The van der Waals surface area contributed by atoms with Crippen LogP contribution in [0, 0.1) is 17.1 Å². The zero-order valence-corrected chi connectivity index (χ0v) is 18.4. The van der Waals surface area contributed by atoms with Crippen LogP contribution in [0.2, 0.25) is 0 Å². The Bertz CT molecular complexity index is 1240. The highest BCUT2D eigenvalue weighted by Gasteiger charge is 2.34. The number of anilines is 2. The molecule has 2 aromatic carbocycles. The van der Waals surface area contributed by atoms with Crippen LogP contribution >= 0.6 is 0 Å². The number of oxazole rings is 1. The van der Waals surface area contributed by atoms with Gasteiger partial charge in [-0.2, -0.15) is 5.26 Å². The maximum absolute atomic E-state index is 13.2. The molecule has 1 fully saturated rings. The van der Waals surface area contributed by atoms with Gasteiger partial charge >= 0.3 is 0 Å². The molecule has 0 bridgehead atoms. The molecule has 0 unspecified atom stereocenters. The first-order valence-electron chi connectivity index (χ1n) is 11.2. The summed E-state index contributed by atoms with van der Waals surface area (Å²) in [4.78, 5) is 34.7. The number of halogens is 1. The number of piperazine rings is 1. The fraction of sp³-hybridized carbons (Fsp3) is 0.280. The van der Waals surface area contributed by atoms with Crippen LogP contribution in [0.1, 0.15) is 38.7 Å². The molecule has 9 heteroatoms. The van der Waals surface area contributed by atoms with Crippen molar-refractivity contribution in [2.24, 2.45) is 0 Å². The molecule has 34 heavy (non-hydrogen) atoms. The molecule has 0 N–H and O–H groups in total. The lowest BCUT2D eigenvalue weighted by atomic mass is 10.1. The third-order valence-electron chi connectivity index (χ3n) is 6.17. The number of imide groups is 1.